The molecule has 1 aromatic carbocycles. The van der Waals surface area contributed by atoms with Gasteiger partial charge in [0, 0.05) is 36.6 Å². The lowest BCUT2D eigenvalue weighted by atomic mass is 10.2. The fourth-order valence-electron chi connectivity index (χ4n) is 2.71. The van der Waals surface area contributed by atoms with E-state index in [-0.39, 0.29) is 0 Å². The Morgan fingerprint density at radius 2 is 1.86 bits per heavy atom. The fourth-order valence-corrected chi connectivity index (χ4v) is 3.32. The van der Waals surface area contributed by atoms with Crippen LogP contribution in [0.1, 0.15) is 0 Å². The van der Waals surface area contributed by atoms with Gasteiger partial charge < -0.3 is 9.80 Å². The van der Waals surface area contributed by atoms with Crippen molar-refractivity contribution >= 4 is 45.9 Å². The molecule has 6 nitrogen and oxygen atoms in total. The highest BCUT2D eigenvalue weighted by molar-refractivity contribution is 6.99. The van der Waals surface area contributed by atoms with Crippen molar-refractivity contribution in [2.45, 2.75) is 0 Å². The molecule has 1 fully saturated rings. The quantitative estimate of drug-likeness (QED) is 0.718. The highest BCUT2D eigenvalue weighted by atomic mass is 35.5. The lowest BCUT2D eigenvalue weighted by molar-refractivity contribution is 0.645. The molecule has 3 heterocycles. The van der Waals surface area contributed by atoms with E-state index in [1.165, 1.54) is 11.7 Å². The third-order valence-electron chi connectivity index (χ3n) is 3.83. The molecule has 0 bridgehead atoms. The topological polar surface area (TPSA) is 58.0 Å². The standard InChI is InChI=1S/C14H13ClN6S/c15-10-1-2-12-11(7-10)14(17-9-16-12)21-5-3-20(4-6-21)13-8-18-22-19-13/h1-2,7-9H,3-6H2. The van der Waals surface area contributed by atoms with E-state index in [0.717, 1.165) is 48.7 Å². The molecule has 1 aliphatic heterocycles. The van der Waals surface area contributed by atoms with Crippen LogP contribution in [0.15, 0.2) is 30.7 Å². The lowest BCUT2D eigenvalue weighted by Gasteiger charge is -2.35. The van der Waals surface area contributed by atoms with Crippen LogP contribution in [-0.2, 0) is 0 Å². The summed E-state index contributed by atoms with van der Waals surface area (Å²) in [5, 5.41) is 1.70. The van der Waals surface area contributed by atoms with Gasteiger partial charge in [0.2, 0.25) is 0 Å². The zero-order chi connectivity index (χ0) is 14.9. The van der Waals surface area contributed by atoms with Gasteiger partial charge in [0.05, 0.1) is 23.4 Å². The zero-order valence-corrected chi connectivity index (χ0v) is 13.3. The molecule has 22 heavy (non-hydrogen) atoms. The second-order valence-electron chi connectivity index (χ2n) is 5.10. The van der Waals surface area contributed by atoms with Gasteiger partial charge in [0.15, 0.2) is 5.82 Å². The van der Waals surface area contributed by atoms with Crippen LogP contribution in [0.5, 0.6) is 0 Å². The first-order valence-corrected chi connectivity index (χ1v) is 8.10. The average molecular weight is 333 g/mol. The molecule has 0 radical (unpaired) electrons. The van der Waals surface area contributed by atoms with E-state index in [1.54, 1.807) is 6.33 Å². The van der Waals surface area contributed by atoms with Gasteiger partial charge in [0.25, 0.3) is 0 Å². The molecule has 8 heteroatoms. The number of hydrogen-bond donors (Lipinski definition) is 0. The zero-order valence-electron chi connectivity index (χ0n) is 11.7. The van der Waals surface area contributed by atoms with Crippen molar-refractivity contribution in [3.05, 3.63) is 35.7 Å². The van der Waals surface area contributed by atoms with Crippen molar-refractivity contribution in [1.82, 2.24) is 18.7 Å². The minimum atomic E-state index is 0.704. The highest BCUT2D eigenvalue weighted by Gasteiger charge is 2.21. The second kappa shape index (κ2) is 5.66. The maximum absolute atomic E-state index is 6.12. The van der Waals surface area contributed by atoms with Crippen LogP contribution in [0, 0.1) is 0 Å². The summed E-state index contributed by atoms with van der Waals surface area (Å²) in [5.74, 6) is 1.91. The molecule has 1 saturated heterocycles. The number of anilines is 2. The van der Waals surface area contributed by atoms with E-state index in [4.69, 9.17) is 11.6 Å². The number of nitrogens with zero attached hydrogens (tertiary/aromatic N) is 6. The number of halogens is 1. The molecule has 3 aromatic rings. The maximum Gasteiger partial charge on any atom is 0.162 e. The first kappa shape index (κ1) is 13.7. The van der Waals surface area contributed by atoms with Gasteiger partial charge in [-0.2, -0.15) is 8.75 Å². The molecule has 0 aliphatic carbocycles. The van der Waals surface area contributed by atoms with Crippen LogP contribution in [-0.4, -0.2) is 44.9 Å². The Labute approximate surface area is 136 Å². The number of benzene rings is 1. The van der Waals surface area contributed by atoms with Crippen LogP contribution < -0.4 is 9.80 Å². The molecule has 0 N–H and O–H groups in total. The predicted molar refractivity (Wildman–Crippen MR) is 88.9 cm³/mol. The molecular weight excluding hydrogens is 320 g/mol. The number of fused-ring (bicyclic) bond motifs is 1. The van der Waals surface area contributed by atoms with Gasteiger partial charge in [0.1, 0.15) is 12.1 Å². The van der Waals surface area contributed by atoms with E-state index < -0.39 is 0 Å². The summed E-state index contributed by atoms with van der Waals surface area (Å²) in [4.78, 5) is 13.3. The third-order valence-corrected chi connectivity index (χ3v) is 4.53. The summed E-state index contributed by atoms with van der Waals surface area (Å²) in [7, 11) is 0. The van der Waals surface area contributed by atoms with Crippen LogP contribution >= 0.6 is 23.3 Å². The van der Waals surface area contributed by atoms with Crippen LogP contribution in [0.4, 0.5) is 11.6 Å². The number of rotatable bonds is 2. The minimum absolute atomic E-state index is 0.704. The van der Waals surface area contributed by atoms with Crippen LogP contribution in [0.25, 0.3) is 10.9 Å². The van der Waals surface area contributed by atoms with Crippen molar-refractivity contribution in [3.8, 4) is 0 Å². The summed E-state index contributed by atoms with van der Waals surface area (Å²) in [5.41, 5.74) is 0.917. The molecule has 0 spiro atoms. The maximum atomic E-state index is 6.12. The van der Waals surface area contributed by atoms with E-state index in [0.29, 0.717) is 5.02 Å². The molecule has 0 saturated carbocycles. The highest BCUT2D eigenvalue weighted by Crippen LogP contribution is 2.27. The first-order valence-electron chi connectivity index (χ1n) is 6.99. The molecule has 0 amide bonds. The van der Waals surface area contributed by atoms with Gasteiger partial charge in [-0.05, 0) is 18.2 Å². The summed E-state index contributed by atoms with van der Waals surface area (Å²) >= 11 is 7.37. The van der Waals surface area contributed by atoms with Crippen molar-refractivity contribution in [2.75, 3.05) is 36.0 Å². The molecule has 4 rings (SSSR count). The second-order valence-corrected chi connectivity index (χ2v) is 6.09. The molecule has 1 aliphatic rings. The number of piperazine rings is 1. The first-order chi connectivity index (χ1) is 10.8. The molecule has 112 valence electrons. The molecule has 2 aromatic heterocycles. The predicted octanol–water partition coefficient (Wildman–Crippen LogP) is 2.46. The van der Waals surface area contributed by atoms with E-state index in [2.05, 4.69) is 28.5 Å². The molecular formula is C14H13ClN6S. The Hall–Kier alpha value is -1.99. The minimum Gasteiger partial charge on any atom is -0.352 e. The normalized spacial score (nSPS) is 15.5. The van der Waals surface area contributed by atoms with Crippen molar-refractivity contribution in [3.63, 3.8) is 0 Å². The van der Waals surface area contributed by atoms with Gasteiger partial charge in [-0.15, -0.1) is 0 Å². The Kier molecular flexibility index (Phi) is 3.51. The summed E-state index contributed by atoms with van der Waals surface area (Å²) in [6.45, 7) is 3.57. The van der Waals surface area contributed by atoms with E-state index in [1.807, 2.05) is 24.4 Å². The van der Waals surface area contributed by atoms with E-state index >= 15 is 0 Å². The Morgan fingerprint density at radius 3 is 2.64 bits per heavy atom. The van der Waals surface area contributed by atoms with Crippen molar-refractivity contribution in [1.29, 1.82) is 0 Å². The van der Waals surface area contributed by atoms with Gasteiger partial charge >= 0.3 is 0 Å². The van der Waals surface area contributed by atoms with Crippen LogP contribution in [0.2, 0.25) is 5.02 Å². The largest absolute Gasteiger partial charge is 0.352 e. The molecule has 0 atom stereocenters. The van der Waals surface area contributed by atoms with E-state index in [9.17, 15) is 0 Å². The summed E-state index contributed by atoms with van der Waals surface area (Å²) in [6, 6.07) is 5.72. The smallest absolute Gasteiger partial charge is 0.162 e. The Morgan fingerprint density at radius 1 is 1.05 bits per heavy atom. The number of aromatic nitrogens is 4. The lowest BCUT2D eigenvalue weighted by Crippen LogP contribution is -2.47. The number of hydrogen-bond acceptors (Lipinski definition) is 7. The van der Waals surface area contributed by atoms with Crippen LogP contribution in [0.3, 0.4) is 0 Å². The molecule has 0 unspecified atom stereocenters. The SMILES string of the molecule is Clc1ccc2ncnc(N3CCN(c4cnsn4)CC3)c2c1. The monoisotopic (exact) mass is 332 g/mol. The van der Waals surface area contributed by atoms with Crippen molar-refractivity contribution < 1.29 is 0 Å². The van der Waals surface area contributed by atoms with Gasteiger partial charge in [-0.3, -0.25) is 0 Å². The van der Waals surface area contributed by atoms with Crippen molar-refractivity contribution in [2.24, 2.45) is 0 Å². The summed E-state index contributed by atoms with van der Waals surface area (Å²) < 4.78 is 8.36. The fraction of sp³-hybridized carbons (Fsp3) is 0.286. The Bertz CT molecular complexity index is 785. The van der Waals surface area contributed by atoms with Gasteiger partial charge in [-0.25, -0.2) is 9.97 Å². The average Bonchev–Trinajstić information content (AvgIpc) is 3.09. The Balaban J connectivity index is 1.60. The van der Waals surface area contributed by atoms with Gasteiger partial charge in [-0.1, -0.05) is 11.6 Å². The summed E-state index contributed by atoms with van der Waals surface area (Å²) in [6.07, 6.45) is 3.43. The third kappa shape index (κ3) is 2.46.